The van der Waals surface area contributed by atoms with Crippen molar-refractivity contribution < 1.29 is 33.9 Å². The van der Waals surface area contributed by atoms with Gasteiger partial charge in [-0.2, -0.15) is 0 Å². The molecule has 0 fully saturated rings. The molecule has 0 aliphatic carbocycles. The van der Waals surface area contributed by atoms with Crippen LogP contribution in [0, 0.1) is 0 Å². The zero-order chi connectivity index (χ0) is 10.5. The van der Waals surface area contributed by atoms with E-state index in [9.17, 15) is 9.13 Å². The lowest BCUT2D eigenvalue weighted by Crippen LogP contribution is -2.02. The zero-order valence-electron chi connectivity index (χ0n) is 6.74. The zero-order valence-corrected chi connectivity index (χ0v) is 8.53. The van der Waals surface area contributed by atoms with Crippen molar-refractivity contribution in [3.8, 4) is 0 Å². The van der Waals surface area contributed by atoms with Crippen molar-refractivity contribution in [1.29, 1.82) is 0 Å². The molecule has 0 rings (SSSR count). The molecular formula is C4H12O7P2. The molecule has 0 aromatic rings. The molecule has 0 spiro atoms. The lowest BCUT2D eigenvalue weighted by molar-refractivity contribution is 0.272. The van der Waals surface area contributed by atoms with Crippen LogP contribution >= 0.6 is 14.7 Å². The summed E-state index contributed by atoms with van der Waals surface area (Å²) in [6.07, 6.45) is -3.97. The van der Waals surface area contributed by atoms with Gasteiger partial charge in [-0.3, -0.25) is 13.4 Å². The molecule has 80 valence electrons. The largest absolute Gasteiger partial charge is 0.386 e. The van der Waals surface area contributed by atoms with Gasteiger partial charge in [0.25, 0.3) is 14.7 Å². The van der Waals surface area contributed by atoms with E-state index in [2.05, 4.69) is 4.31 Å². The van der Waals surface area contributed by atoms with Crippen LogP contribution in [0.25, 0.3) is 0 Å². The van der Waals surface area contributed by atoms with Gasteiger partial charge in [0.15, 0.2) is 0 Å². The molecular weight excluding hydrogens is 222 g/mol. The third kappa shape index (κ3) is 3.87. The first-order valence-corrected chi connectivity index (χ1v) is 7.25. The van der Waals surface area contributed by atoms with Gasteiger partial charge in [0.05, 0.1) is 0 Å². The molecule has 0 aromatic carbocycles. The molecule has 0 aliphatic heterocycles. The van der Waals surface area contributed by atoms with E-state index in [4.69, 9.17) is 20.4 Å². The van der Waals surface area contributed by atoms with Crippen LogP contribution in [0.3, 0.4) is 0 Å². The monoisotopic (exact) mass is 234 g/mol. The lowest BCUT2D eigenvalue weighted by atomic mass is 11.7. The maximum atomic E-state index is 11.2. The SMILES string of the molecule is O=P(CO)(CO)OP(=O)(CO)CO. The summed E-state index contributed by atoms with van der Waals surface area (Å²) in [5, 5.41) is 34.0. The summed E-state index contributed by atoms with van der Waals surface area (Å²) in [5.41, 5.74) is 0. The van der Waals surface area contributed by atoms with Gasteiger partial charge in [0.1, 0.15) is 25.4 Å². The second-order valence-electron chi connectivity index (χ2n) is 2.28. The van der Waals surface area contributed by atoms with Gasteiger partial charge < -0.3 is 20.4 Å². The van der Waals surface area contributed by atoms with Crippen LogP contribution in [-0.4, -0.2) is 45.8 Å². The van der Waals surface area contributed by atoms with Gasteiger partial charge in [-0.15, -0.1) is 0 Å². The molecule has 0 radical (unpaired) electrons. The van der Waals surface area contributed by atoms with E-state index in [0.717, 1.165) is 0 Å². The van der Waals surface area contributed by atoms with E-state index >= 15 is 0 Å². The van der Waals surface area contributed by atoms with E-state index < -0.39 is 40.1 Å². The Labute approximate surface area is 74.9 Å². The van der Waals surface area contributed by atoms with E-state index in [-0.39, 0.29) is 0 Å². The van der Waals surface area contributed by atoms with Crippen LogP contribution in [0.4, 0.5) is 0 Å². The highest BCUT2D eigenvalue weighted by atomic mass is 31.2. The Balaban J connectivity index is 4.57. The van der Waals surface area contributed by atoms with Gasteiger partial charge in [0.2, 0.25) is 0 Å². The number of aliphatic hydroxyl groups excluding tert-OH is 4. The second kappa shape index (κ2) is 5.22. The number of hydrogen-bond acceptors (Lipinski definition) is 7. The minimum Gasteiger partial charge on any atom is -0.386 e. The van der Waals surface area contributed by atoms with Crippen molar-refractivity contribution in [2.24, 2.45) is 0 Å². The molecule has 0 amide bonds. The van der Waals surface area contributed by atoms with Crippen LogP contribution < -0.4 is 0 Å². The van der Waals surface area contributed by atoms with Crippen molar-refractivity contribution >= 4 is 14.7 Å². The molecule has 0 saturated carbocycles. The van der Waals surface area contributed by atoms with Crippen LogP contribution in [0.15, 0.2) is 0 Å². The van der Waals surface area contributed by atoms with Crippen molar-refractivity contribution in [2.45, 2.75) is 0 Å². The summed E-state index contributed by atoms with van der Waals surface area (Å²) < 4.78 is 26.7. The van der Waals surface area contributed by atoms with Crippen molar-refractivity contribution in [1.82, 2.24) is 0 Å². The average Bonchev–Trinajstić information content (AvgIpc) is 2.17. The van der Waals surface area contributed by atoms with Crippen LogP contribution in [-0.2, 0) is 13.4 Å². The molecule has 0 heterocycles. The summed E-state index contributed by atoms with van der Waals surface area (Å²) in [4.78, 5) is 0. The molecule has 0 saturated heterocycles. The van der Waals surface area contributed by atoms with E-state index in [0.29, 0.717) is 0 Å². The molecule has 0 bridgehead atoms. The Morgan fingerprint density at radius 3 is 1.15 bits per heavy atom. The summed E-state index contributed by atoms with van der Waals surface area (Å²) in [6, 6.07) is 0. The van der Waals surface area contributed by atoms with Gasteiger partial charge in [-0.1, -0.05) is 0 Å². The molecule has 0 atom stereocenters. The van der Waals surface area contributed by atoms with Crippen LogP contribution in [0.5, 0.6) is 0 Å². The predicted octanol–water partition coefficient (Wildman–Crippen LogP) is -0.642. The highest BCUT2D eigenvalue weighted by Gasteiger charge is 2.32. The number of aliphatic hydroxyl groups is 4. The molecule has 0 unspecified atom stereocenters. The molecule has 13 heavy (non-hydrogen) atoms. The predicted molar refractivity (Wildman–Crippen MR) is 44.6 cm³/mol. The first kappa shape index (κ1) is 13.3. The van der Waals surface area contributed by atoms with Gasteiger partial charge in [0, 0.05) is 0 Å². The standard InChI is InChI=1S/C4H12O7P2/c5-1-12(9,2-6)11-13(10,3-7)4-8/h5-8H,1-4H2. The molecule has 0 aromatic heterocycles. The maximum Gasteiger partial charge on any atom is 0.257 e. The molecule has 7 nitrogen and oxygen atoms in total. The average molecular weight is 234 g/mol. The van der Waals surface area contributed by atoms with Crippen molar-refractivity contribution in [3.05, 3.63) is 0 Å². The fourth-order valence-electron chi connectivity index (χ4n) is 0.464. The van der Waals surface area contributed by atoms with E-state index in [1.165, 1.54) is 0 Å². The van der Waals surface area contributed by atoms with Crippen molar-refractivity contribution in [3.63, 3.8) is 0 Å². The maximum absolute atomic E-state index is 11.2. The Bertz CT molecular complexity index is 199. The molecule has 9 heteroatoms. The third-order valence-corrected chi connectivity index (χ3v) is 5.26. The summed E-state index contributed by atoms with van der Waals surface area (Å²) in [6.45, 7) is 0. The molecule has 0 aliphatic rings. The van der Waals surface area contributed by atoms with E-state index in [1.54, 1.807) is 0 Å². The van der Waals surface area contributed by atoms with E-state index in [1.807, 2.05) is 0 Å². The third-order valence-electron chi connectivity index (χ3n) is 1.16. The van der Waals surface area contributed by atoms with Crippen LogP contribution in [0.1, 0.15) is 0 Å². The second-order valence-corrected chi connectivity index (χ2v) is 7.32. The highest BCUT2D eigenvalue weighted by Crippen LogP contribution is 2.61. The summed E-state index contributed by atoms with van der Waals surface area (Å²) in [5.74, 6) is 0. The minimum atomic E-state index is -3.81. The van der Waals surface area contributed by atoms with Crippen LogP contribution in [0.2, 0.25) is 0 Å². The summed E-state index contributed by atoms with van der Waals surface area (Å²) in [7, 11) is -7.62. The highest BCUT2D eigenvalue weighted by molar-refractivity contribution is 7.71. The fraction of sp³-hybridized carbons (Fsp3) is 1.00. The first-order valence-electron chi connectivity index (χ1n) is 3.26. The van der Waals surface area contributed by atoms with Gasteiger partial charge in [-0.25, -0.2) is 0 Å². The fourth-order valence-corrected chi connectivity index (χ4v) is 3.64. The number of hydrogen-bond donors (Lipinski definition) is 4. The smallest absolute Gasteiger partial charge is 0.257 e. The molecule has 4 N–H and O–H groups in total. The van der Waals surface area contributed by atoms with Gasteiger partial charge in [-0.05, 0) is 0 Å². The Morgan fingerprint density at radius 2 is 1.00 bits per heavy atom. The Morgan fingerprint density at radius 1 is 0.769 bits per heavy atom. The topological polar surface area (TPSA) is 124 Å². The lowest BCUT2D eigenvalue weighted by Gasteiger charge is -2.19. The quantitative estimate of drug-likeness (QED) is 0.450. The summed E-state index contributed by atoms with van der Waals surface area (Å²) >= 11 is 0. The Kier molecular flexibility index (Phi) is 5.32. The van der Waals surface area contributed by atoms with Gasteiger partial charge >= 0.3 is 0 Å². The number of rotatable bonds is 6. The minimum absolute atomic E-state index is 0.993. The normalized spacial score (nSPS) is 13.2. The first-order chi connectivity index (χ1) is 5.95. The van der Waals surface area contributed by atoms with Crippen molar-refractivity contribution in [2.75, 3.05) is 25.4 Å². The Hall–Kier alpha value is 0.260.